The zero-order valence-corrected chi connectivity index (χ0v) is 16.0. The van der Waals surface area contributed by atoms with Crippen LogP contribution in [0.15, 0.2) is 47.1 Å². The maximum absolute atomic E-state index is 13.1. The van der Waals surface area contributed by atoms with Crippen molar-refractivity contribution in [3.63, 3.8) is 0 Å². The lowest BCUT2D eigenvalue weighted by atomic mass is 9.96. The Morgan fingerprint density at radius 1 is 1.14 bits per heavy atom. The van der Waals surface area contributed by atoms with Crippen LogP contribution in [0.1, 0.15) is 25.5 Å². The van der Waals surface area contributed by atoms with Gasteiger partial charge in [0.05, 0.1) is 25.0 Å². The zero-order chi connectivity index (χ0) is 19.5. The quantitative estimate of drug-likeness (QED) is 0.884. The molecule has 7 heteroatoms. The first kappa shape index (κ1) is 18.4. The van der Waals surface area contributed by atoms with E-state index >= 15 is 0 Å². The minimum absolute atomic E-state index is 0.0166. The molecule has 1 fully saturated rings. The largest absolute Gasteiger partial charge is 0.487 e. The number of rotatable bonds is 3. The van der Waals surface area contributed by atoms with Gasteiger partial charge in [0.25, 0.3) is 0 Å². The Morgan fingerprint density at radius 3 is 2.68 bits per heavy atom. The van der Waals surface area contributed by atoms with Gasteiger partial charge in [-0.15, -0.1) is 0 Å². The van der Waals surface area contributed by atoms with Crippen LogP contribution in [0.4, 0.5) is 10.5 Å². The van der Waals surface area contributed by atoms with Crippen molar-refractivity contribution >= 4 is 17.6 Å². The minimum atomic E-state index is -0.0742. The fraction of sp³-hybridized carbons (Fsp3) is 0.429. The molecule has 148 valence electrons. The van der Waals surface area contributed by atoms with Gasteiger partial charge in [0.15, 0.2) is 0 Å². The second-order valence-corrected chi connectivity index (χ2v) is 7.35. The molecule has 0 aliphatic carbocycles. The fourth-order valence-electron chi connectivity index (χ4n) is 3.81. The second kappa shape index (κ2) is 7.96. The highest BCUT2D eigenvalue weighted by Crippen LogP contribution is 2.34. The predicted molar refractivity (Wildman–Crippen MR) is 104 cm³/mol. The highest BCUT2D eigenvalue weighted by molar-refractivity contribution is 5.94. The van der Waals surface area contributed by atoms with E-state index in [0.29, 0.717) is 39.0 Å². The number of nitrogens with zero attached hydrogens (tertiary/aromatic N) is 2. The molecular formula is C21H25N3O4. The molecule has 0 unspecified atom stereocenters. The Labute approximate surface area is 164 Å². The molecule has 4 rings (SSSR count). The molecule has 1 N–H and O–H groups in total. The van der Waals surface area contributed by atoms with Gasteiger partial charge in [0.2, 0.25) is 5.91 Å². The van der Waals surface area contributed by atoms with Crippen molar-refractivity contribution in [2.45, 2.75) is 32.4 Å². The van der Waals surface area contributed by atoms with Crippen LogP contribution < -0.4 is 15.0 Å². The summed E-state index contributed by atoms with van der Waals surface area (Å²) in [6, 6.07) is 11.2. The van der Waals surface area contributed by atoms with Crippen LogP contribution in [-0.4, -0.2) is 42.6 Å². The molecule has 2 aliphatic heterocycles. The number of fused-ring (bicyclic) bond motifs is 1. The van der Waals surface area contributed by atoms with Crippen LogP contribution in [-0.2, 0) is 11.3 Å². The van der Waals surface area contributed by atoms with Gasteiger partial charge < -0.3 is 19.4 Å². The average Bonchev–Trinajstić information content (AvgIpc) is 3.24. The summed E-state index contributed by atoms with van der Waals surface area (Å²) in [5, 5.41) is 2.92. The summed E-state index contributed by atoms with van der Waals surface area (Å²) in [6.45, 7) is 4.04. The molecule has 0 saturated carbocycles. The van der Waals surface area contributed by atoms with E-state index in [1.165, 1.54) is 0 Å². The second-order valence-electron chi connectivity index (χ2n) is 7.35. The van der Waals surface area contributed by atoms with E-state index in [1.54, 1.807) is 17.2 Å². The number of carbonyl (C=O) groups is 2. The molecule has 2 aromatic rings. The lowest BCUT2D eigenvalue weighted by molar-refractivity contribution is -0.126. The smallest absolute Gasteiger partial charge is 0.324 e. The van der Waals surface area contributed by atoms with E-state index < -0.39 is 0 Å². The van der Waals surface area contributed by atoms with Crippen LogP contribution in [0.2, 0.25) is 0 Å². The molecule has 0 spiro atoms. The molecule has 3 heterocycles. The number of piperidine rings is 1. The van der Waals surface area contributed by atoms with Gasteiger partial charge in [-0.05, 0) is 44.0 Å². The number of nitrogens with one attached hydrogen (secondary N) is 1. The van der Waals surface area contributed by atoms with Gasteiger partial charge in [-0.2, -0.15) is 0 Å². The van der Waals surface area contributed by atoms with E-state index in [1.807, 2.05) is 42.2 Å². The van der Waals surface area contributed by atoms with Crippen molar-refractivity contribution in [1.29, 1.82) is 0 Å². The number of benzene rings is 1. The summed E-state index contributed by atoms with van der Waals surface area (Å²) in [5.74, 6) is 1.42. The number of anilines is 1. The number of para-hydroxylation sites is 2. The Morgan fingerprint density at radius 2 is 1.93 bits per heavy atom. The molecule has 7 nitrogen and oxygen atoms in total. The molecule has 1 saturated heterocycles. The topological polar surface area (TPSA) is 75.0 Å². The number of hydrogen-bond acceptors (Lipinski definition) is 4. The molecule has 28 heavy (non-hydrogen) atoms. The standard InChI is InChI=1S/C21H25N3O4/c1-15-14-24(18-6-2-3-7-19(18)28-15)21(26)23-10-8-16(9-11-23)20(25)22-13-17-5-4-12-27-17/h2-7,12,15-16H,8-11,13-14H2,1H3,(H,22,25)/t15-/m0/s1. The Hall–Kier alpha value is -2.96. The van der Waals surface area contributed by atoms with Crippen molar-refractivity contribution in [2.24, 2.45) is 5.92 Å². The molecule has 0 bridgehead atoms. The third-order valence-corrected chi connectivity index (χ3v) is 5.31. The highest BCUT2D eigenvalue weighted by atomic mass is 16.5. The summed E-state index contributed by atoms with van der Waals surface area (Å²) in [7, 11) is 0. The summed E-state index contributed by atoms with van der Waals surface area (Å²) in [6.07, 6.45) is 2.87. The summed E-state index contributed by atoms with van der Waals surface area (Å²) in [4.78, 5) is 29.1. The number of urea groups is 1. The number of likely N-dealkylation sites (tertiary alicyclic amines) is 1. The number of ether oxygens (including phenoxy) is 1. The van der Waals surface area contributed by atoms with Crippen molar-refractivity contribution < 1.29 is 18.7 Å². The molecule has 1 aromatic heterocycles. The normalized spacial score (nSPS) is 19.7. The van der Waals surface area contributed by atoms with Crippen LogP contribution in [0.3, 0.4) is 0 Å². The Bertz CT molecular complexity index is 828. The van der Waals surface area contributed by atoms with Gasteiger partial charge in [0.1, 0.15) is 17.6 Å². The Balaban J connectivity index is 1.33. The van der Waals surface area contributed by atoms with Crippen molar-refractivity contribution in [3.8, 4) is 5.75 Å². The van der Waals surface area contributed by atoms with Crippen molar-refractivity contribution in [1.82, 2.24) is 10.2 Å². The maximum atomic E-state index is 13.1. The SMILES string of the molecule is C[C@H]1CN(C(=O)N2CCC(C(=O)NCc3ccco3)CC2)c2ccccc2O1. The number of amides is 3. The number of carbonyl (C=O) groups excluding carboxylic acids is 2. The Kier molecular flexibility index (Phi) is 5.23. The molecule has 1 atom stereocenters. The van der Waals surface area contributed by atoms with E-state index in [2.05, 4.69) is 5.32 Å². The van der Waals surface area contributed by atoms with Crippen molar-refractivity contribution in [3.05, 3.63) is 48.4 Å². The number of hydrogen-bond donors (Lipinski definition) is 1. The summed E-state index contributed by atoms with van der Waals surface area (Å²) in [5.41, 5.74) is 0.809. The first-order valence-corrected chi connectivity index (χ1v) is 9.74. The molecule has 2 aliphatic rings. The summed E-state index contributed by atoms with van der Waals surface area (Å²) >= 11 is 0. The van der Waals surface area contributed by atoms with E-state index in [4.69, 9.17) is 9.15 Å². The molecule has 1 aromatic carbocycles. The first-order valence-electron chi connectivity index (χ1n) is 9.74. The fourth-order valence-corrected chi connectivity index (χ4v) is 3.81. The highest BCUT2D eigenvalue weighted by Gasteiger charge is 2.33. The molecular weight excluding hydrogens is 358 g/mol. The van der Waals surface area contributed by atoms with Crippen LogP contribution in [0, 0.1) is 5.92 Å². The van der Waals surface area contributed by atoms with E-state index in [9.17, 15) is 9.59 Å². The van der Waals surface area contributed by atoms with Gasteiger partial charge in [0, 0.05) is 19.0 Å². The van der Waals surface area contributed by atoms with Gasteiger partial charge in [-0.1, -0.05) is 12.1 Å². The average molecular weight is 383 g/mol. The zero-order valence-electron chi connectivity index (χ0n) is 16.0. The van der Waals surface area contributed by atoms with E-state index in [0.717, 1.165) is 17.2 Å². The maximum Gasteiger partial charge on any atom is 0.324 e. The predicted octanol–water partition coefficient (Wildman–Crippen LogP) is 3.02. The monoisotopic (exact) mass is 383 g/mol. The third-order valence-electron chi connectivity index (χ3n) is 5.31. The third kappa shape index (κ3) is 3.83. The lowest BCUT2D eigenvalue weighted by Gasteiger charge is -2.39. The molecule has 3 amide bonds. The van der Waals surface area contributed by atoms with Gasteiger partial charge in [-0.25, -0.2) is 4.79 Å². The van der Waals surface area contributed by atoms with E-state index in [-0.39, 0.29) is 24.0 Å². The van der Waals surface area contributed by atoms with Crippen LogP contribution >= 0.6 is 0 Å². The number of furan rings is 1. The van der Waals surface area contributed by atoms with Gasteiger partial charge >= 0.3 is 6.03 Å². The van der Waals surface area contributed by atoms with Crippen molar-refractivity contribution in [2.75, 3.05) is 24.5 Å². The molecule has 0 radical (unpaired) electrons. The lowest BCUT2D eigenvalue weighted by Crippen LogP contribution is -2.52. The van der Waals surface area contributed by atoms with Gasteiger partial charge in [-0.3, -0.25) is 9.69 Å². The van der Waals surface area contributed by atoms with Crippen LogP contribution in [0.25, 0.3) is 0 Å². The first-order chi connectivity index (χ1) is 13.6. The van der Waals surface area contributed by atoms with Crippen LogP contribution in [0.5, 0.6) is 5.75 Å². The minimum Gasteiger partial charge on any atom is -0.487 e. The summed E-state index contributed by atoms with van der Waals surface area (Å²) < 4.78 is 11.1.